The van der Waals surface area contributed by atoms with Crippen LogP contribution >= 0.6 is 0 Å². The number of nitrogens with zero attached hydrogens (tertiary/aromatic N) is 3. The molecule has 0 saturated carbocycles. The summed E-state index contributed by atoms with van der Waals surface area (Å²) in [6, 6.07) is 14.4. The normalized spacial score (nSPS) is 12.4. The van der Waals surface area contributed by atoms with E-state index < -0.39 is 6.04 Å². The second kappa shape index (κ2) is 6.92. The highest BCUT2D eigenvalue weighted by atomic mass is 19.1. The van der Waals surface area contributed by atoms with E-state index in [4.69, 9.17) is 0 Å². The molecule has 4 rings (SSSR count). The first-order chi connectivity index (χ1) is 13.5. The zero-order chi connectivity index (χ0) is 19.8. The summed E-state index contributed by atoms with van der Waals surface area (Å²) in [6.45, 7) is 3.91. The molecule has 2 aromatic heterocycles. The summed E-state index contributed by atoms with van der Waals surface area (Å²) < 4.78 is 16.7. The van der Waals surface area contributed by atoms with Crippen molar-refractivity contribution in [2.45, 2.75) is 26.4 Å². The van der Waals surface area contributed by atoms with Gasteiger partial charge in [-0.2, -0.15) is 4.98 Å². The fourth-order valence-electron chi connectivity index (χ4n) is 3.44. The summed E-state index contributed by atoms with van der Waals surface area (Å²) in [7, 11) is 0. The number of carbonyl (C=O) groups excluding carboxylic acids is 1. The first-order valence-corrected chi connectivity index (χ1v) is 8.97. The van der Waals surface area contributed by atoms with Crippen LogP contribution in [0.5, 0.6) is 0 Å². The second-order valence-corrected chi connectivity index (χ2v) is 6.75. The largest absolute Gasteiger partial charge is 0.350 e. The van der Waals surface area contributed by atoms with Gasteiger partial charge in [-0.25, -0.2) is 8.91 Å². The summed E-state index contributed by atoms with van der Waals surface area (Å²) in [5, 5.41) is 3.70. The number of benzene rings is 2. The molecular weight excluding hydrogens is 359 g/mol. The van der Waals surface area contributed by atoms with Crippen molar-refractivity contribution in [3.8, 4) is 0 Å². The quantitative estimate of drug-likeness (QED) is 0.594. The standard InChI is InChI=1S/C21H19FN4O2/c1-13-11-19(27)24-20-17-5-3-4-6-18(17)26(25(13)20)14(2)21(28)23-12-15-7-9-16(22)10-8-15/h3-11,14H,12H2,1-2H3,(H,23,28). The van der Waals surface area contributed by atoms with Crippen LogP contribution in [0.4, 0.5) is 4.39 Å². The number of amides is 1. The Hall–Kier alpha value is -3.48. The Bertz CT molecular complexity index is 1240. The summed E-state index contributed by atoms with van der Waals surface area (Å²) in [4.78, 5) is 28.9. The lowest BCUT2D eigenvalue weighted by Gasteiger charge is -2.18. The molecule has 0 radical (unpaired) electrons. The van der Waals surface area contributed by atoms with Crippen molar-refractivity contribution in [3.63, 3.8) is 0 Å². The Kier molecular flexibility index (Phi) is 4.43. The maximum atomic E-state index is 13.0. The minimum Gasteiger partial charge on any atom is -0.350 e. The van der Waals surface area contributed by atoms with Gasteiger partial charge < -0.3 is 5.32 Å². The lowest BCUT2D eigenvalue weighted by Crippen LogP contribution is -2.32. The minimum atomic E-state index is -0.550. The summed E-state index contributed by atoms with van der Waals surface area (Å²) in [6.07, 6.45) is 0. The van der Waals surface area contributed by atoms with Crippen molar-refractivity contribution in [3.05, 3.63) is 82.0 Å². The van der Waals surface area contributed by atoms with Crippen LogP contribution in [-0.2, 0) is 11.3 Å². The second-order valence-electron chi connectivity index (χ2n) is 6.75. The maximum absolute atomic E-state index is 13.0. The van der Waals surface area contributed by atoms with Gasteiger partial charge in [-0.1, -0.05) is 24.3 Å². The van der Waals surface area contributed by atoms with Gasteiger partial charge in [0, 0.05) is 23.7 Å². The number of halogens is 1. The Balaban J connectivity index is 1.73. The van der Waals surface area contributed by atoms with E-state index in [1.807, 2.05) is 35.9 Å². The van der Waals surface area contributed by atoms with Crippen LogP contribution in [0.2, 0.25) is 0 Å². The first-order valence-electron chi connectivity index (χ1n) is 8.97. The zero-order valence-electron chi connectivity index (χ0n) is 15.5. The maximum Gasteiger partial charge on any atom is 0.273 e. The molecule has 0 aliphatic carbocycles. The Labute approximate surface area is 160 Å². The van der Waals surface area contributed by atoms with Crippen LogP contribution in [0.15, 0.2) is 59.4 Å². The molecule has 142 valence electrons. The van der Waals surface area contributed by atoms with Crippen molar-refractivity contribution in [2.24, 2.45) is 0 Å². The van der Waals surface area contributed by atoms with Gasteiger partial charge in [-0.15, -0.1) is 0 Å². The fourth-order valence-corrected chi connectivity index (χ4v) is 3.44. The van der Waals surface area contributed by atoms with E-state index in [1.54, 1.807) is 23.6 Å². The molecule has 1 atom stereocenters. The van der Waals surface area contributed by atoms with Gasteiger partial charge in [0.1, 0.15) is 11.9 Å². The lowest BCUT2D eigenvalue weighted by molar-refractivity contribution is -0.124. The SMILES string of the molecule is Cc1cc(=O)nc2c3ccccc3n(C(C)C(=O)NCc3ccc(F)cc3)n12. The van der Waals surface area contributed by atoms with Gasteiger partial charge in [0.05, 0.1) is 5.52 Å². The van der Waals surface area contributed by atoms with Gasteiger partial charge in [0.15, 0.2) is 5.65 Å². The monoisotopic (exact) mass is 378 g/mol. The number of aryl methyl sites for hydroxylation is 1. The summed E-state index contributed by atoms with van der Waals surface area (Å²) >= 11 is 0. The number of rotatable bonds is 4. The van der Waals surface area contributed by atoms with E-state index in [0.29, 0.717) is 17.9 Å². The van der Waals surface area contributed by atoms with Gasteiger partial charge in [-0.3, -0.25) is 14.3 Å². The van der Waals surface area contributed by atoms with Crippen molar-refractivity contribution in [1.29, 1.82) is 0 Å². The van der Waals surface area contributed by atoms with Gasteiger partial charge in [0.25, 0.3) is 5.56 Å². The molecule has 1 N–H and O–H groups in total. The predicted molar refractivity (Wildman–Crippen MR) is 105 cm³/mol. The molecule has 1 unspecified atom stereocenters. The highest BCUT2D eigenvalue weighted by molar-refractivity contribution is 5.94. The van der Waals surface area contributed by atoms with Gasteiger partial charge >= 0.3 is 0 Å². The first kappa shape index (κ1) is 17.9. The molecule has 2 aromatic carbocycles. The van der Waals surface area contributed by atoms with Gasteiger partial charge in [0.2, 0.25) is 5.91 Å². The Morgan fingerprint density at radius 1 is 1.18 bits per heavy atom. The van der Waals surface area contributed by atoms with E-state index in [9.17, 15) is 14.0 Å². The number of hydrogen-bond donors (Lipinski definition) is 1. The molecule has 0 saturated heterocycles. The van der Waals surface area contributed by atoms with Crippen LogP contribution in [0, 0.1) is 12.7 Å². The highest BCUT2D eigenvalue weighted by Gasteiger charge is 2.22. The average Bonchev–Trinajstić information content (AvgIpc) is 3.01. The molecule has 7 heteroatoms. The molecule has 0 aliphatic heterocycles. The Morgan fingerprint density at radius 3 is 2.64 bits per heavy atom. The van der Waals surface area contributed by atoms with Crippen molar-refractivity contribution in [2.75, 3.05) is 0 Å². The Morgan fingerprint density at radius 2 is 1.89 bits per heavy atom. The van der Waals surface area contributed by atoms with Crippen LogP contribution in [0.1, 0.15) is 24.2 Å². The molecular formula is C21H19FN4O2. The van der Waals surface area contributed by atoms with E-state index >= 15 is 0 Å². The third kappa shape index (κ3) is 3.05. The molecule has 0 spiro atoms. The van der Waals surface area contributed by atoms with Gasteiger partial charge in [-0.05, 0) is 43.7 Å². The minimum absolute atomic E-state index is 0.190. The smallest absolute Gasteiger partial charge is 0.273 e. The van der Waals surface area contributed by atoms with Crippen molar-refractivity contribution < 1.29 is 9.18 Å². The molecule has 0 bridgehead atoms. The number of aromatic nitrogens is 3. The third-order valence-corrected chi connectivity index (χ3v) is 4.82. The van der Waals surface area contributed by atoms with E-state index in [2.05, 4.69) is 10.3 Å². The number of para-hydroxylation sites is 1. The predicted octanol–water partition coefficient (Wildman–Crippen LogP) is 2.97. The van der Waals surface area contributed by atoms with Crippen LogP contribution < -0.4 is 10.9 Å². The topological polar surface area (TPSA) is 68.4 Å². The van der Waals surface area contributed by atoms with Crippen molar-refractivity contribution in [1.82, 2.24) is 19.5 Å². The summed E-state index contributed by atoms with van der Waals surface area (Å²) in [5.41, 5.74) is 2.54. The van der Waals surface area contributed by atoms with E-state index in [0.717, 1.165) is 16.5 Å². The molecule has 28 heavy (non-hydrogen) atoms. The summed E-state index contributed by atoms with van der Waals surface area (Å²) in [5.74, 6) is -0.504. The molecule has 0 aliphatic rings. The van der Waals surface area contributed by atoms with Crippen LogP contribution in [0.3, 0.4) is 0 Å². The number of nitrogens with one attached hydrogen (secondary N) is 1. The molecule has 0 fully saturated rings. The fraction of sp³-hybridized carbons (Fsp3) is 0.190. The number of hydrogen-bond acceptors (Lipinski definition) is 3. The van der Waals surface area contributed by atoms with Crippen LogP contribution in [-0.4, -0.2) is 20.1 Å². The van der Waals surface area contributed by atoms with E-state index in [-0.39, 0.29) is 17.3 Å². The molecule has 4 aromatic rings. The number of fused-ring (bicyclic) bond motifs is 3. The number of carbonyl (C=O) groups is 1. The zero-order valence-corrected chi connectivity index (χ0v) is 15.5. The highest BCUT2D eigenvalue weighted by Crippen LogP contribution is 2.25. The molecule has 2 heterocycles. The molecule has 6 nitrogen and oxygen atoms in total. The van der Waals surface area contributed by atoms with Crippen molar-refractivity contribution >= 4 is 22.5 Å². The molecule has 1 amide bonds. The average molecular weight is 378 g/mol. The lowest BCUT2D eigenvalue weighted by atomic mass is 10.2. The third-order valence-electron chi connectivity index (χ3n) is 4.82. The van der Waals surface area contributed by atoms with E-state index in [1.165, 1.54) is 18.2 Å². The van der Waals surface area contributed by atoms with Crippen LogP contribution in [0.25, 0.3) is 16.6 Å².